The van der Waals surface area contributed by atoms with Crippen molar-refractivity contribution in [1.29, 1.82) is 0 Å². The summed E-state index contributed by atoms with van der Waals surface area (Å²) in [5.74, 6) is 0. The molecule has 0 N–H and O–H groups in total. The van der Waals surface area contributed by atoms with Gasteiger partial charge < -0.3 is 4.90 Å². The van der Waals surface area contributed by atoms with Crippen molar-refractivity contribution >= 4 is 22.6 Å². The van der Waals surface area contributed by atoms with Crippen LogP contribution in [0.25, 0.3) is 0 Å². The van der Waals surface area contributed by atoms with Crippen LogP contribution in [0, 0.1) is 0 Å². The van der Waals surface area contributed by atoms with Gasteiger partial charge in [0.25, 0.3) is 0 Å². The summed E-state index contributed by atoms with van der Waals surface area (Å²) in [6.07, 6.45) is 2.45. The van der Waals surface area contributed by atoms with Crippen LogP contribution in [0.15, 0.2) is 35.3 Å². The van der Waals surface area contributed by atoms with Crippen molar-refractivity contribution in [3.05, 3.63) is 30.3 Å². The maximum atomic E-state index is 6.10. The van der Waals surface area contributed by atoms with Gasteiger partial charge in [0.1, 0.15) is 0 Å². The Morgan fingerprint density at radius 3 is 2.43 bits per heavy atom. The van der Waals surface area contributed by atoms with E-state index in [4.69, 9.17) is 11.6 Å². The normalized spacial score (nSPS) is 17.5. The fourth-order valence-corrected chi connectivity index (χ4v) is 1.85. The standard InChI is InChI=1S/C11H13ClN2/c12-11(14-8-4-5-9-14)13-10-6-2-1-3-7-10/h1-3,6-7H,4-5,8-9H2. The van der Waals surface area contributed by atoms with Gasteiger partial charge in [0.2, 0.25) is 0 Å². The van der Waals surface area contributed by atoms with Gasteiger partial charge in [0, 0.05) is 13.1 Å². The first-order valence-electron chi connectivity index (χ1n) is 4.90. The number of halogens is 1. The third kappa shape index (κ3) is 2.26. The Morgan fingerprint density at radius 1 is 1.14 bits per heavy atom. The minimum atomic E-state index is 0.619. The third-order valence-corrected chi connectivity index (χ3v) is 2.67. The van der Waals surface area contributed by atoms with Gasteiger partial charge in [-0.25, -0.2) is 4.99 Å². The highest BCUT2D eigenvalue weighted by molar-refractivity contribution is 6.64. The van der Waals surface area contributed by atoms with Crippen molar-refractivity contribution in [2.24, 2.45) is 4.99 Å². The molecular formula is C11H13ClN2. The lowest BCUT2D eigenvalue weighted by Gasteiger charge is -2.13. The molecule has 2 rings (SSSR count). The topological polar surface area (TPSA) is 15.6 Å². The van der Waals surface area contributed by atoms with E-state index in [2.05, 4.69) is 9.89 Å². The molecule has 0 atom stereocenters. The number of amidine groups is 1. The number of nitrogens with zero attached hydrogens (tertiary/aromatic N) is 2. The van der Waals surface area contributed by atoms with Gasteiger partial charge in [-0.1, -0.05) is 18.2 Å². The first-order valence-corrected chi connectivity index (χ1v) is 5.28. The van der Waals surface area contributed by atoms with Gasteiger partial charge in [-0.2, -0.15) is 0 Å². The van der Waals surface area contributed by atoms with Crippen molar-refractivity contribution in [1.82, 2.24) is 4.90 Å². The predicted molar refractivity (Wildman–Crippen MR) is 60.2 cm³/mol. The van der Waals surface area contributed by atoms with Crippen LogP contribution in [0.4, 0.5) is 5.69 Å². The number of rotatable bonds is 1. The van der Waals surface area contributed by atoms with Crippen molar-refractivity contribution in [2.45, 2.75) is 12.8 Å². The molecule has 2 nitrogen and oxygen atoms in total. The van der Waals surface area contributed by atoms with E-state index < -0.39 is 0 Å². The van der Waals surface area contributed by atoms with E-state index in [-0.39, 0.29) is 0 Å². The second kappa shape index (κ2) is 4.47. The van der Waals surface area contributed by atoms with Gasteiger partial charge in [-0.05, 0) is 36.6 Å². The Bertz CT molecular complexity index is 315. The highest BCUT2D eigenvalue weighted by Gasteiger charge is 2.13. The summed E-state index contributed by atoms with van der Waals surface area (Å²) in [4.78, 5) is 6.47. The Labute approximate surface area is 89.2 Å². The molecule has 0 aromatic heterocycles. The van der Waals surface area contributed by atoms with Gasteiger partial charge in [-0.15, -0.1) is 0 Å². The van der Waals surface area contributed by atoms with Crippen LogP contribution in [-0.2, 0) is 0 Å². The number of benzene rings is 1. The highest BCUT2D eigenvalue weighted by Crippen LogP contribution is 2.16. The van der Waals surface area contributed by atoms with Crippen LogP contribution < -0.4 is 0 Å². The Balaban J connectivity index is 2.10. The first kappa shape index (κ1) is 9.53. The zero-order valence-electron chi connectivity index (χ0n) is 7.99. The van der Waals surface area contributed by atoms with E-state index in [1.165, 1.54) is 12.8 Å². The lowest BCUT2D eigenvalue weighted by atomic mass is 10.3. The second-order valence-corrected chi connectivity index (χ2v) is 3.75. The summed E-state index contributed by atoms with van der Waals surface area (Å²) in [5, 5.41) is 0.619. The minimum absolute atomic E-state index is 0.619. The molecule has 1 heterocycles. The predicted octanol–water partition coefficient (Wildman–Crippen LogP) is 3.01. The van der Waals surface area contributed by atoms with Crippen LogP contribution in [0.3, 0.4) is 0 Å². The molecule has 1 fully saturated rings. The largest absolute Gasteiger partial charge is 0.347 e. The number of hydrogen-bond acceptors (Lipinski definition) is 1. The van der Waals surface area contributed by atoms with E-state index in [9.17, 15) is 0 Å². The van der Waals surface area contributed by atoms with E-state index in [1.807, 2.05) is 30.3 Å². The molecule has 3 heteroatoms. The van der Waals surface area contributed by atoms with Gasteiger partial charge in [0.05, 0.1) is 5.69 Å². The molecule has 74 valence electrons. The van der Waals surface area contributed by atoms with E-state index in [1.54, 1.807) is 0 Å². The fourth-order valence-electron chi connectivity index (χ4n) is 1.58. The lowest BCUT2D eigenvalue weighted by Crippen LogP contribution is -2.22. The minimum Gasteiger partial charge on any atom is -0.347 e. The van der Waals surface area contributed by atoms with Crippen molar-refractivity contribution in [3.8, 4) is 0 Å². The van der Waals surface area contributed by atoms with Crippen LogP contribution in [0.1, 0.15) is 12.8 Å². The highest BCUT2D eigenvalue weighted by atomic mass is 35.5. The maximum absolute atomic E-state index is 6.10. The monoisotopic (exact) mass is 208 g/mol. The van der Waals surface area contributed by atoms with E-state index in [0.717, 1.165) is 18.8 Å². The molecule has 0 radical (unpaired) electrons. The second-order valence-electron chi connectivity index (χ2n) is 3.41. The van der Waals surface area contributed by atoms with E-state index in [0.29, 0.717) is 5.29 Å². The van der Waals surface area contributed by atoms with Crippen LogP contribution in [-0.4, -0.2) is 23.3 Å². The Morgan fingerprint density at radius 2 is 1.79 bits per heavy atom. The molecule has 0 spiro atoms. The SMILES string of the molecule is ClC(=Nc1ccccc1)N1CCCC1. The van der Waals surface area contributed by atoms with Crippen LogP contribution in [0.2, 0.25) is 0 Å². The van der Waals surface area contributed by atoms with Crippen molar-refractivity contribution in [3.63, 3.8) is 0 Å². The molecule has 0 unspecified atom stereocenters. The maximum Gasteiger partial charge on any atom is 0.199 e. The summed E-state index contributed by atoms with van der Waals surface area (Å²) in [5.41, 5.74) is 0.921. The molecule has 0 bridgehead atoms. The first-order chi connectivity index (χ1) is 6.86. The Kier molecular flexibility index (Phi) is 3.04. The molecule has 1 aliphatic rings. The zero-order valence-corrected chi connectivity index (χ0v) is 8.74. The molecule has 1 saturated heterocycles. The summed E-state index contributed by atoms with van der Waals surface area (Å²) in [6.45, 7) is 2.07. The lowest BCUT2D eigenvalue weighted by molar-refractivity contribution is 0.529. The average molecular weight is 209 g/mol. The molecule has 1 aromatic carbocycles. The van der Waals surface area contributed by atoms with E-state index >= 15 is 0 Å². The number of aliphatic imine (C=N–C) groups is 1. The summed E-state index contributed by atoms with van der Waals surface area (Å²) in [7, 11) is 0. The summed E-state index contributed by atoms with van der Waals surface area (Å²) in [6, 6.07) is 9.82. The molecule has 1 aliphatic heterocycles. The van der Waals surface area contributed by atoms with Gasteiger partial charge >= 0.3 is 0 Å². The summed E-state index contributed by atoms with van der Waals surface area (Å²) >= 11 is 6.10. The molecule has 0 amide bonds. The smallest absolute Gasteiger partial charge is 0.199 e. The average Bonchev–Trinajstić information content (AvgIpc) is 2.72. The molecule has 14 heavy (non-hydrogen) atoms. The zero-order chi connectivity index (χ0) is 9.80. The van der Waals surface area contributed by atoms with Crippen molar-refractivity contribution in [2.75, 3.05) is 13.1 Å². The molecule has 0 aliphatic carbocycles. The quantitative estimate of drug-likeness (QED) is 0.394. The Hall–Kier alpha value is -1.02. The molecule has 0 saturated carbocycles. The van der Waals surface area contributed by atoms with Gasteiger partial charge in [0.15, 0.2) is 5.29 Å². The van der Waals surface area contributed by atoms with Crippen LogP contribution in [0.5, 0.6) is 0 Å². The van der Waals surface area contributed by atoms with Crippen LogP contribution >= 0.6 is 11.6 Å². The number of likely N-dealkylation sites (tertiary alicyclic amines) is 1. The number of para-hydroxylation sites is 1. The molecule has 1 aromatic rings. The fraction of sp³-hybridized carbons (Fsp3) is 0.364. The van der Waals surface area contributed by atoms with Gasteiger partial charge in [-0.3, -0.25) is 0 Å². The molecular weight excluding hydrogens is 196 g/mol. The summed E-state index contributed by atoms with van der Waals surface area (Å²) < 4.78 is 0. The number of hydrogen-bond donors (Lipinski definition) is 0. The van der Waals surface area contributed by atoms with Crippen molar-refractivity contribution < 1.29 is 0 Å². The third-order valence-electron chi connectivity index (χ3n) is 2.34.